The molecule has 0 spiro atoms. The molecule has 0 fully saturated rings. The molecule has 0 aliphatic carbocycles. The van der Waals surface area contributed by atoms with Crippen LogP contribution in [0.15, 0.2) is 95.9 Å². The van der Waals surface area contributed by atoms with E-state index >= 15 is 0 Å². The molecule has 248 valence electrons. The number of carbonyl (C=O) groups excluding carboxylic acids is 2. The van der Waals surface area contributed by atoms with Crippen molar-refractivity contribution in [2.45, 2.75) is 50.6 Å². The summed E-state index contributed by atoms with van der Waals surface area (Å²) in [6.45, 7) is 3.44. The minimum absolute atomic E-state index is 0.0270. The smallest absolute Gasteiger partial charge is 0.264 e. The number of anilines is 1. The molecule has 1 atom stereocenters. The van der Waals surface area contributed by atoms with Gasteiger partial charge < -0.3 is 10.2 Å². The molecule has 0 aliphatic heterocycles. The lowest BCUT2D eigenvalue weighted by Crippen LogP contribution is -2.53. The van der Waals surface area contributed by atoms with Gasteiger partial charge in [0.2, 0.25) is 11.8 Å². The van der Waals surface area contributed by atoms with E-state index in [0.717, 1.165) is 28.3 Å². The highest BCUT2D eigenvalue weighted by molar-refractivity contribution is 7.92. The van der Waals surface area contributed by atoms with E-state index in [-0.39, 0.29) is 39.5 Å². The molecule has 12 heteroatoms. The Bertz CT molecular complexity index is 1790. The van der Waals surface area contributed by atoms with Crippen LogP contribution in [0.1, 0.15) is 36.5 Å². The molecule has 1 N–H and O–H groups in total. The Labute approximate surface area is 296 Å². The van der Waals surface area contributed by atoms with Crippen molar-refractivity contribution in [3.05, 3.63) is 128 Å². The van der Waals surface area contributed by atoms with Crippen molar-refractivity contribution in [1.29, 1.82) is 0 Å². The third-order valence-corrected chi connectivity index (χ3v) is 10.8. The van der Waals surface area contributed by atoms with Crippen LogP contribution in [0.5, 0.6) is 0 Å². The normalized spacial score (nSPS) is 12.0. The standard InChI is InChI=1S/C35H35Cl4N3O4S/c1-3-4-19-40-35(44)33(20-25-9-6-5-7-10-25)41(22-28-29(36)11-8-12-30(28)37)34(43)23-42(26-15-18-31(38)32(39)21-26)47(45,46)27-16-13-24(2)14-17-27/h5-18,21,33H,3-4,19-20,22-23H2,1-2H3,(H,40,44). The zero-order valence-electron chi connectivity index (χ0n) is 25.9. The second kappa shape index (κ2) is 16.7. The molecular formula is C35H35Cl4N3O4S. The lowest BCUT2D eigenvalue weighted by atomic mass is 10.0. The molecule has 4 rings (SSSR count). The van der Waals surface area contributed by atoms with E-state index in [1.165, 1.54) is 35.2 Å². The Morgan fingerprint density at radius 1 is 0.809 bits per heavy atom. The zero-order valence-corrected chi connectivity index (χ0v) is 29.8. The maximum absolute atomic E-state index is 14.6. The number of aryl methyl sites for hydroxylation is 1. The third kappa shape index (κ3) is 9.42. The highest BCUT2D eigenvalue weighted by Gasteiger charge is 2.35. The van der Waals surface area contributed by atoms with Crippen LogP contribution in [-0.4, -0.2) is 44.3 Å². The van der Waals surface area contributed by atoms with Gasteiger partial charge in [-0.1, -0.05) is 114 Å². The fourth-order valence-corrected chi connectivity index (χ4v) is 7.14. The molecule has 0 heterocycles. The molecule has 4 aromatic rings. The van der Waals surface area contributed by atoms with Gasteiger partial charge in [-0.3, -0.25) is 13.9 Å². The lowest BCUT2D eigenvalue weighted by molar-refractivity contribution is -0.140. The first-order valence-electron chi connectivity index (χ1n) is 15.0. The Morgan fingerprint density at radius 2 is 1.47 bits per heavy atom. The van der Waals surface area contributed by atoms with Gasteiger partial charge in [-0.05, 0) is 61.4 Å². The first-order chi connectivity index (χ1) is 22.4. The van der Waals surface area contributed by atoms with Crippen molar-refractivity contribution in [3.8, 4) is 0 Å². The zero-order chi connectivity index (χ0) is 34.1. The average molecular weight is 736 g/mol. The van der Waals surface area contributed by atoms with Crippen LogP contribution in [-0.2, 0) is 32.6 Å². The second-order valence-corrected chi connectivity index (χ2v) is 14.5. The molecule has 0 bridgehead atoms. The largest absolute Gasteiger partial charge is 0.354 e. The van der Waals surface area contributed by atoms with Crippen LogP contribution >= 0.6 is 46.4 Å². The summed E-state index contributed by atoms with van der Waals surface area (Å²) in [5.41, 5.74) is 2.21. The van der Waals surface area contributed by atoms with Gasteiger partial charge in [0.05, 0.1) is 20.6 Å². The van der Waals surface area contributed by atoms with E-state index in [1.54, 1.807) is 30.3 Å². The Kier molecular flexibility index (Phi) is 13.0. The molecule has 0 saturated heterocycles. The summed E-state index contributed by atoms with van der Waals surface area (Å²) in [5, 5.41) is 3.88. The van der Waals surface area contributed by atoms with Crippen LogP contribution in [0, 0.1) is 6.92 Å². The number of carbonyl (C=O) groups is 2. The van der Waals surface area contributed by atoms with E-state index in [9.17, 15) is 18.0 Å². The van der Waals surface area contributed by atoms with Crippen molar-refractivity contribution in [2.24, 2.45) is 0 Å². The predicted octanol–water partition coefficient (Wildman–Crippen LogP) is 8.36. The average Bonchev–Trinajstić information content (AvgIpc) is 3.04. The molecule has 0 aromatic heterocycles. The van der Waals surface area contributed by atoms with Crippen molar-refractivity contribution in [3.63, 3.8) is 0 Å². The number of benzene rings is 4. The second-order valence-electron chi connectivity index (χ2n) is 11.0. The summed E-state index contributed by atoms with van der Waals surface area (Å²) in [7, 11) is -4.31. The van der Waals surface area contributed by atoms with E-state index in [4.69, 9.17) is 46.4 Å². The molecule has 2 amide bonds. The first kappa shape index (κ1) is 36.6. The first-order valence-corrected chi connectivity index (χ1v) is 18.0. The third-order valence-electron chi connectivity index (χ3n) is 7.57. The van der Waals surface area contributed by atoms with Gasteiger partial charge >= 0.3 is 0 Å². The Balaban J connectivity index is 1.84. The van der Waals surface area contributed by atoms with E-state index < -0.39 is 28.5 Å². The molecule has 47 heavy (non-hydrogen) atoms. The molecular weight excluding hydrogens is 700 g/mol. The minimum Gasteiger partial charge on any atom is -0.354 e. The number of unbranched alkanes of at least 4 members (excludes halogenated alkanes) is 1. The number of hydrogen-bond acceptors (Lipinski definition) is 4. The number of sulfonamides is 1. The van der Waals surface area contributed by atoms with Crippen LogP contribution < -0.4 is 9.62 Å². The molecule has 0 saturated carbocycles. The highest BCUT2D eigenvalue weighted by Crippen LogP contribution is 2.32. The van der Waals surface area contributed by atoms with Crippen LogP contribution in [0.2, 0.25) is 20.1 Å². The fraction of sp³-hybridized carbons (Fsp3) is 0.257. The summed E-state index contributed by atoms with van der Waals surface area (Å²) >= 11 is 25.6. The highest BCUT2D eigenvalue weighted by atomic mass is 35.5. The topological polar surface area (TPSA) is 86.8 Å². The maximum atomic E-state index is 14.6. The summed E-state index contributed by atoms with van der Waals surface area (Å²) < 4.78 is 29.4. The predicted molar refractivity (Wildman–Crippen MR) is 191 cm³/mol. The lowest BCUT2D eigenvalue weighted by Gasteiger charge is -2.34. The van der Waals surface area contributed by atoms with Gasteiger partial charge in [-0.25, -0.2) is 8.42 Å². The van der Waals surface area contributed by atoms with Crippen LogP contribution in [0.3, 0.4) is 0 Å². The van der Waals surface area contributed by atoms with E-state index in [1.807, 2.05) is 44.2 Å². The van der Waals surface area contributed by atoms with Gasteiger partial charge in [-0.15, -0.1) is 0 Å². The van der Waals surface area contributed by atoms with Crippen molar-refractivity contribution in [2.75, 3.05) is 17.4 Å². The van der Waals surface area contributed by atoms with Crippen molar-refractivity contribution >= 4 is 73.9 Å². The molecule has 4 aromatic carbocycles. The number of rotatable bonds is 14. The Morgan fingerprint density at radius 3 is 2.09 bits per heavy atom. The summed E-state index contributed by atoms with van der Waals surface area (Å²) in [6, 6.07) is 23.8. The number of hydrogen-bond donors (Lipinski definition) is 1. The van der Waals surface area contributed by atoms with Crippen LogP contribution in [0.4, 0.5) is 5.69 Å². The van der Waals surface area contributed by atoms with Gasteiger partial charge in [0, 0.05) is 35.1 Å². The molecule has 1 unspecified atom stereocenters. The van der Waals surface area contributed by atoms with Crippen LogP contribution in [0.25, 0.3) is 0 Å². The van der Waals surface area contributed by atoms with Gasteiger partial charge in [0.15, 0.2) is 0 Å². The molecule has 0 radical (unpaired) electrons. The van der Waals surface area contributed by atoms with E-state index in [0.29, 0.717) is 22.2 Å². The number of halogens is 4. The minimum atomic E-state index is -4.31. The quantitative estimate of drug-likeness (QED) is 0.132. The molecule has 7 nitrogen and oxygen atoms in total. The van der Waals surface area contributed by atoms with Crippen molar-refractivity contribution < 1.29 is 18.0 Å². The van der Waals surface area contributed by atoms with Gasteiger partial charge in [0.1, 0.15) is 12.6 Å². The molecule has 0 aliphatic rings. The summed E-state index contributed by atoms with van der Waals surface area (Å²) in [6.07, 6.45) is 1.76. The number of nitrogens with zero attached hydrogens (tertiary/aromatic N) is 2. The maximum Gasteiger partial charge on any atom is 0.264 e. The fourth-order valence-electron chi connectivity index (χ4n) is 4.92. The van der Waals surface area contributed by atoms with Gasteiger partial charge in [0.25, 0.3) is 10.0 Å². The summed E-state index contributed by atoms with van der Waals surface area (Å²) in [4.78, 5) is 29.8. The van der Waals surface area contributed by atoms with E-state index in [2.05, 4.69) is 5.32 Å². The number of amides is 2. The van der Waals surface area contributed by atoms with Gasteiger partial charge in [-0.2, -0.15) is 0 Å². The SMILES string of the molecule is CCCCNC(=O)C(Cc1ccccc1)N(Cc1c(Cl)cccc1Cl)C(=O)CN(c1ccc(Cl)c(Cl)c1)S(=O)(=O)c1ccc(C)cc1. The number of nitrogens with one attached hydrogen (secondary N) is 1. The monoisotopic (exact) mass is 733 g/mol. The summed E-state index contributed by atoms with van der Waals surface area (Å²) in [5.74, 6) is -1.05. The van der Waals surface area contributed by atoms with Crippen molar-refractivity contribution in [1.82, 2.24) is 10.2 Å². The Hall–Kier alpha value is -3.27.